The van der Waals surface area contributed by atoms with Gasteiger partial charge in [0, 0.05) is 0 Å². The molecule has 1 rings (SSSR count). The molecule has 1 aliphatic carbocycles. The van der Waals surface area contributed by atoms with Crippen LogP contribution in [0.3, 0.4) is 0 Å². The summed E-state index contributed by atoms with van der Waals surface area (Å²) in [5.74, 6) is 1.21. The first-order valence-electron chi connectivity index (χ1n) is 5.64. The summed E-state index contributed by atoms with van der Waals surface area (Å²) in [6.45, 7) is 2.69. The maximum Gasteiger partial charge on any atom is 0.0885 e. The highest BCUT2D eigenvalue weighted by Gasteiger charge is 2.22. The summed E-state index contributed by atoms with van der Waals surface area (Å²) >= 11 is 0. The molecule has 15 heavy (non-hydrogen) atoms. The zero-order valence-corrected chi connectivity index (χ0v) is 9.18. The van der Waals surface area contributed by atoms with Gasteiger partial charge < -0.3 is 0 Å². The van der Waals surface area contributed by atoms with Gasteiger partial charge >= 0.3 is 0 Å². The van der Waals surface area contributed by atoms with Gasteiger partial charge in [-0.1, -0.05) is 39.0 Å². The summed E-state index contributed by atoms with van der Waals surface area (Å²) in [5, 5.41) is 19.0. The highest BCUT2D eigenvalue weighted by molar-refractivity contribution is 4.72. The standard InChI is InChI=1S/C10H20O5/c1-2-9-6-4-3-5-7-10(9)8-12-14-15-13-11/h9-11H,2-8H2,1H3. The summed E-state index contributed by atoms with van der Waals surface area (Å²) in [4.78, 5) is 4.79. The second kappa shape index (κ2) is 8.01. The zero-order valence-electron chi connectivity index (χ0n) is 9.18. The van der Waals surface area contributed by atoms with Crippen molar-refractivity contribution in [2.75, 3.05) is 6.61 Å². The Morgan fingerprint density at radius 3 is 2.47 bits per heavy atom. The molecule has 0 aromatic heterocycles. The van der Waals surface area contributed by atoms with E-state index in [1.54, 1.807) is 0 Å². The second-order valence-corrected chi connectivity index (χ2v) is 4.06. The normalized spacial score (nSPS) is 27.6. The van der Waals surface area contributed by atoms with E-state index in [9.17, 15) is 0 Å². The average Bonchev–Trinajstić information content (AvgIpc) is 2.49. The third-order valence-electron chi connectivity index (χ3n) is 3.23. The summed E-state index contributed by atoms with van der Waals surface area (Å²) < 4.78 is 0. The highest BCUT2D eigenvalue weighted by atomic mass is 17.8. The van der Waals surface area contributed by atoms with Gasteiger partial charge in [-0.05, 0) is 33.4 Å². The lowest BCUT2D eigenvalue weighted by Gasteiger charge is -2.22. The minimum absolute atomic E-state index is 0.488. The molecule has 0 radical (unpaired) electrons. The van der Waals surface area contributed by atoms with Crippen LogP contribution in [0.4, 0.5) is 0 Å². The molecule has 2 unspecified atom stereocenters. The smallest absolute Gasteiger partial charge is 0.0885 e. The molecule has 1 aliphatic rings. The Morgan fingerprint density at radius 2 is 1.80 bits per heavy atom. The fourth-order valence-electron chi connectivity index (χ4n) is 2.37. The molecule has 1 N–H and O–H groups in total. The van der Waals surface area contributed by atoms with Gasteiger partial charge in [0.1, 0.15) is 0 Å². The van der Waals surface area contributed by atoms with Gasteiger partial charge in [-0.2, -0.15) is 0 Å². The fourth-order valence-corrected chi connectivity index (χ4v) is 2.37. The molecule has 0 saturated heterocycles. The molecule has 90 valence electrons. The molecule has 0 heterocycles. The predicted octanol–water partition coefficient (Wildman–Crippen LogP) is 2.88. The number of hydrogen-bond donors (Lipinski definition) is 1. The average molecular weight is 220 g/mol. The molecule has 0 aromatic rings. The Morgan fingerprint density at radius 1 is 1.07 bits per heavy atom. The molecule has 0 aliphatic heterocycles. The van der Waals surface area contributed by atoms with E-state index in [4.69, 9.17) is 10.1 Å². The number of rotatable bonds is 6. The van der Waals surface area contributed by atoms with Crippen LogP contribution in [0.2, 0.25) is 0 Å². The zero-order chi connectivity index (χ0) is 10.9. The van der Waals surface area contributed by atoms with Crippen LogP contribution in [0.25, 0.3) is 0 Å². The summed E-state index contributed by atoms with van der Waals surface area (Å²) in [7, 11) is 0. The van der Waals surface area contributed by atoms with Crippen molar-refractivity contribution in [3.63, 3.8) is 0 Å². The SMILES string of the molecule is CCC1CCCCCC1COOOOO. The first kappa shape index (κ1) is 12.9. The largest absolute Gasteiger partial charge is 0.219 e. The van der Waals surface area contributed by atoms with Gasteiger partial charge in [-0.3, -0.25) is 0 Å². The fraction of sp³-hybridized carbons (Fsp3) is 1.00. The van der Waals surface area contributed by atoms with E-state index in [-0.39, 0.29) is 0 Å². The first-order chi connectivity index (χ1) is 7.38. The maximum absolute atomic E-state index is 7.82. The molecule has 0 spiro atoms. The topological polar surface area (TPSA) is 57.2 Å². The van der Waals surface area contributed by atoms with Crippen LogP contribution in [-0.4, -0.2) is 11.9 Å². The van der Waals surface area contributed by atoms with Crippen molar-refractivity contribution in [2.45, 2.75) is 45.4 Å². The molecular formula is C10H20O5. The van der Waals surface area contributed by atoms with Gasteiger partial charge in [0.15, 0.2) is 0 Å². The van der Waals surface area contributed by atoms with Gasteiger partial charge in [0.2, 0.25) is 0 Å². The van der Waals surface area contributed by atoms with Crippen molar-refractivity contribution in [1.29, 1.82) is 0 Å². The Balaban J connectivity index is 2.22. The third-order valence-corrected chi connectivity index (χ3v) is 3.23. The monoisotopic (exact) mass is 220 g/mol. The van der Waals surface area contributed by atoms with Crippen molar-refractivity contribution in [3.05, 3.63) is 0 Å². The Hall–Kier alpha value is -0.200. The van der Waals surface area contributed by atoms with E-state index < -0.39 is 0 Å². The molecule has 5 nitrogen and oxygen atoms in total. The van der Waals surface area contributed by atoms with Crippen LogP contribution >= 0.6 is 0 Å². The Bertz CT molecular complexity index is 153. The molecule has 0 bridgehead atoms. The van der Waals surface area contributed by atoms with Crippen molar-refractivity contribution in [1.82, 2.24) is 0 Å². The second-order valence-electron chi connectivity index (χ2n) is 4.06. The highest BCUT2D eigenvalue weighted by Crippen LogP contribution is 2.31. The van der Waals surface area contributed by atoms with Crippen LogP contribution < -0.4 is 0 Å². The molecule has 1 fully saturated rings. The first-order valence-corrected chi connectivity index (χ1v) is 5.64. The summed E-state index contributed by atoms with van der Waals surface area (Å²) in [6.07, 6.45) is 7.48. The van der Waals surface area contributed by atoms with Gasteiger partial charge in [-0.25, -0.2) is 10.1 Å². The Labute approximate surface area is 90.0 Å². The third kappa shape index (κ3) is 4.90. The van der Waals surface area contributed by atoms with E-state index in [1.165, 1.54) is 38.5 Å². The van der Waals surface area contributed by atoms with Crippen LogP contribution in [0.1, 0.15) is 45.4 Å². The lowest BCUT2D eigenvalue weighted by Crippen LogP contribution is -2.19. The minimum Gasteiger partial charge on any atom is -0.219 e. The lowest BCUT2D eigenvalue weighted by atomic mass is 9.87. The molecule has 0 amide bonds. The van der Waals surface area contributed by atoms with Crippen LogP contribution in [0.15, 0.2) is 0 Å². The van der Waals surface area contributed by atoms with Gasteiger partial charge in [0.25, 0.3) is 0 Å². The minimum atomic E-state index is 0.488. The van der Waals surface area contributed by atoms with Crippen molar-refractivity contribution in [2.24, 2.45) is 11.8 Å². The van der Waals surface area contributed by atoms with Gasteiger partial charge in [0.05, 0.1) is 6.61 Å². The quantitative estimate of drug-likeness (QED) is 0.323. The maximum atomic E-state index is 7.82. The van der Waals surface area contributed by atoms with E-state index in [2.05, 4.69) is 22.0 Å². The van der Waals surface area contributed by atoms with E-state index in [0.29, 0.717) is 18.4 Å². The van der Waals surface area contributed by atoms with Crippen molar-refractivity contribution >= 4 is 0 Å². The van der Waals surface area contributed by atoms with E-state index in [1.807, 2.05) is 0 Å². The van der Waals surface area contributed by atoms with E-state index in [0.717, 1.165) is 0 Å². The van der Waals surface area contributed by atoms with Crippen molar-refractivity contribution < 1.29 is 25.3 Å². The van der Waals surface area contributed by atoms with Crippen LogP contribution in [0, 0.1) is 11.8 Å². The summed E-state index contributed by atoms with van der Waals surface area (Å²) in [5.41, 5.74) is 0. The molecular weight excluding hydrogens is 200 g/mol. The van der Waals surface area contributed by atoms with E-state index >= 15 is 0 Å². The van der Waals surface area contributed by atoms with Crippen LogP contribution in [0.5, 0.6) is 0 Å². The summed E-state index contributed by atoms with van der Waals surface area (Å²) in [6, 6.07) is 0. The molecule has 5 heteroatoms. The lowest BCUT2D eigenvalue weighted by molar-refractivity contribution is -0.703. The van der Waals surface area contributed by atoms with Crippen LogP contribution in [-0.2, 0) is 20.0 Å². The number of hydrogen-bond acceptors (Lipinski definition) is 5. The van der Waals surface area contributed by atoms with Gasteiger partial charge in [-0.15, -0.1) is 0 Å². The molecule has 1 saturated carbocycles. The Kier molecular flexibility index (Phi) is 6.87. The predicted molar refractivity (Wildman–Crippen MR) is 52.2 cm³/mol. The molecule has 2 atom stereocenters. The molecule has 0 aromatic carbocycles. The van der Waals surface area contributed by atoms with Crippen molar-refractivity contribution in [3.8, 4) is 0 Å².